The van der Waals surface area contributed by atoms with E-state index in [-0.39, 0.29) is 5.60 Å². The molecule has 3 heterocycles. The molecule has 1 aliphatic heterocycles. The summed E-state index contributed by atoms with van der Waals surface area (Å²) in [5.74, 6) is 0.942. The molecule has 0 bridgehead atoms. The smallest absolute Gasteiger partial charge is 0.195 e. The van der Waals surface area contributed by atoms with Crippen molar-refractivity contribution in [3.63, 3.8) is 0 Å². The third kappa shape index (κ3) is 1.41. The lowest BCUT2D eigenvalue weighted by molar-refractivity contribution is 0.0994. The number of hydrogen-bond acceptors (Lipinski definition) is 3. The summed E-state index contributed by atoms with van der Waals surface area (Å²) in [6, 6.07) is 8.23. The summed E-state index contributed by atoms with van der Waals surface area (Å²) in [6.07, 6.45) is 3.63. The molecule has 0 atom stereocenters. The normalized spacial score (nSPS) is 18.2. The van der Waals surface area contributed by atoms with Crippen molar-refractivity contribution >= 4 is 16.3 Å². The van der Waals surface area contributed by atoms with E-state index in [0.29, 0.717) is 0 Å². The van der Waals surface area contributed by atoms with Crippen molar-refractivity contribution in [1.29, 1.82) is 0 Å². The number of fused-ring (bicyclic) bond motifs is 7. The molecule has 2 aromatic heterocycles. The van der Waals surface area contributed by atoms with Gasteiger partial charge in [-0.15, -0.1) is 11.3 Å². The molecule has 3 nitrogen and oxygen atoms in total. The third-order valence-corrected chi connectivity index (χ3v) is 5.69. The van der Waals surface area contributed by atoms with Gasteiger partial charge in [-0.3, -0.25) is 4.40 Å². The van der Waals surface area contributed by atoms with E-state index in [1.54, 1.807) is 0 Å². The SMILES string of the molecule is CC1(C)Oc2ccccc2-c2nc3sc4c(n3c21)CCC4. The Bertz CT molecular complexity index is 888. The molecule has 0 fully saturated rings. The summed E-state index contributed by atoms with van der Waals surface area (Å²) in [4.78, 5) is 7.59. The third-order valence-electron chi connectivity index (χ3n) is 4.55. The second-order valence-electron chi connectivity index (χ2n) is 6.36. The fraction of sp³-hybridized carbons (Fsp3) is 0.353. The van der Waals surface area contributed by atoms with Crippen molar-refractivity contribution in [1.82, 2.24) is 9.38 Å². The Labute approximate surface area is 127 Å². The molecule has 3 aromatic rings. The van der Waals surface area contributed by atoms with Crippen molar-refractivity contribution in [2.75, 3.05) is 0 Å². The first-order valence-corrected chi connectivity index (χ1v) is 8.29. The van der Waals surface area contributed by atoms with Crippen LogP contribution in [-0.2, 0) is 18.4 Å². The molecule has 2 aliphatic rings. The van der Waals surface area contributed by atoms with Gasteiger partial charge in [0.05, 0.1) is 5.69 Å². The topological polar surface area (TPSA) is 26.5 Å². The molecule has 0 N–H and O–H groups in total. The largest absolute Gasteiger partial charge is 0.481 e. The van der Waals surface area contributed by atoms with E-state index >= 15 is 0 Å². The number of hydrogen-bond donors (Lipinski definition) is 0. The van der Waals surface area contributed by atoms with Gasteiger partial charge in [0.15, 0.2) is 4.96 Å². The fourth-order valence-electron chi connectivity index (χ4n) is 3.69. The molecule has 1 aromatic carbocycles. The van der Waals surface area contributed by atoms with Crippen LogP contribution in [0, 0.1) is 0 Å². The molecular formula is C17H16N2OS. The van der Waals surface area contributed by atoms with E-state index in [4.69, 9.17) is 9.72 Å². The molecule has 1 aliphatic carbocycles. The molecule has 0 spiro atoms. The monoisotopic (exact) mass is 296 g/mol. The summed E-state index contributed by atoms with van der Waals surface area (Å²) in [5, 5.41) is 0. The van der Waals surface area contributed by atoms with Crippen LogP contribution in [0.1, 0.15) is 36.5 Å². The lowest BCUT2D eigenvalue weighted by Crippen LogP contribution is -2.31. The zero-order valence-corrected chi connectivity index (χ0v) is 13.0. The van der Waals surface area contributed by atoms with Crippen molar-refractivity contribution in [3.8, 4) is 17.0 Å². The van der Waals surface area contributed by atoms with Gasteiger partial charge in [-0.2, -0.15) is 0 Å². The molecule has 0 saturated carbocycles. The number of ether oxygens (including phenoxy) is 1. The Hall–Kier alpha value is -1.81. The number of rotatable bonds is 0. The number of para-hydroxylation sites is 1. The maximum absolute atomic E-state index is 6.29. The van der Waals surface area contributed by atoms with Gasteiger partial charge in [-0.1, -0.05) is 12.1 Å². The lowest BCUT2D eigenvalue weighted by atomic mass is 9.94. The van der Waals surface area contributed by atoms with Gasteiger partial charge in [0.25, 0.3) is 0 Å². The highest BCUT2D eigenvalue weighted by molar-refractivity contribution is 7.17. The van der Waals surface area contributed by atoms with Crippen molar-refractivity contribution < 1.29 is 4.74 Å². The van der Waals surface area contributed by atoms with Crippen LogP contribution in [0.4, 0.5) is 0 Å². The summed E-state index contributed by atoms with van der Waals surface area (Å²) < 4.78 is 8.66. The summed E-state index contributed by atoms with van der Waals surface area (Å²) >= 11 is 1.85. The van der Waals surface area contributed by atoms with Crippen LogP contribution in [0.2, 0.25) is 0 Å². The number of imidazole rings is 1. The van der Waals surface area contributed by atoms with Gasteiger partial charge in [0.1, 0.15) is 17.0 Å². The molecule has 0 unspecified atom stereocenters. The van der Waals surface area contributed by atoms with Gasteiger partial charge < -0.3 is 4.74 Å². The zero-order valence-electron chi connectivity index (χ0n) is 12.1. The average molecular weight is 296 g/mol. The molecule has 5 rings (SSSR count). The molecule has 4 heteroatoms. The van der Waals surface area contributed by atoms with Crippen molar-refractivity contribution in [2.24, 2.45) is 0 Å². The Morgan fingerprint density at radius 3 is 3.00 bits per heavy atom. The Morgan fingerprint density at radius 2 is 2.10 bits per heavy atom. The van der Waals surface area contributed by atoms with Crippen LogP contribution in [0.5, 0.6) is 5.75 Å². The van der Waals surface area contributed by atoms with Crippen molar-refractivity contribution in [2.45, 2.75) is 38.7 Å². The van der Waals surface area contributed by atoms with E-state index in [9.17, 15) is 0 Å². The molecule has 0 radical (unpaired) electrons. The Balaban J connectivity index is 1.92. The van der Waals surface area contributed by atoms with E-state index in [2.05, 4.69) is 30.4 Å². The number of aromatic nitrogens is 2. The summed E-state index contributed by atoms with van der Waals surface area (Å²) in [5.41, 5.74) is 4.55. The molecular weight excluding hydrogens is 280 g/mol. The average Bonchev–Trinajstić information content (AvgIpc) is 3.07. The van der Waals surface area contributed by atoms with Crippen LogP contribution in [0.3, 0.4) is 0 Å². The maximum Gasteiger partial charge on any atom is 0.195 e. The maximum atomic E-state index is 6.29. The minimum absolute atomic E-state index is 0.347. The highest BCUT2D eigenvalue weighted by Gasteiger charge is 2.39. The summed E-state index contributed by atoms with van der Waals surface area (Å²) in [6.45, 7) is 4.30. The van der Waals surface area contributed by atoms with Crippen LogP contribution in [-0.4, -0.2) is 9.38 Å². The predicted molar refractivity (Wildman–Crippen MR) is 84.2 cm³/mol. The highest BCUT2D eigenvalue weighted by Crippen LogP contribution is 2.47. The number of aryl methyl sites for hydroxylation is 2. The first-order valence-electron chi connectivity index (χ1n) is 7.47. The van der Waals surface area contributed by atoms with Crippen LogP contribution in [0.15, 0.2) is 24.3 Å². The van der Waals surface area contributed by atoms with Gasteiger partial charge in [-0.05, 0) is 45.2 Å². The van der Waals surface area contributed by atoms with Crippen LogP contribution < -0.4 is 4.74 Å². The van der Waals surface area contributed by atoms with Gasteiger partial charge >= 0.3 is 0 Å². The lowest BCUT2D eigenvalue weighted by Gasteiger charge is -2.32. The van der Waals surface area contributed by atoms with Crippen molar-refractivity contribution in [3.05, 3.63) is 40.5 Å². The first-order chi connectivity index (χ1) is 10.1. The Kier molecular flexibility index (Phi) is 2.07. The number of nitrogens with zero attached hydrogens (tertiary/aromatic N) is 2. The van der Waals surface area contributed by atoms with Gasteiger partial charge in [-0.25, -0.2) is 4.98 Å². The second-order valence-corrected chi connectivity index (χ2v) is 7.42. The van der Waals surface area contributed by atoms with Crippen LogP contribution >= 0.6 is 11.3 Å². The minimum Gasteiger partial charge on any atom is -0.481 e. The molecule has 21 heavy (non-hydrogen) atoms. The fourth-order valence-corrected chi connectivity index (χ4v) is 4.90. The quantitative estimate of drug-likeness (QED) is 0.622. The molecule has 106 valence electrons. The van der Waals surface area contributed by atoms with Gasteiger partial charge in [0, 0.05) is 16.1 Å². The summed E-state index contributed by atoms with van der Waals surface area (Å²) in [7, 11) is 0. The number of thiazole rings is 1. The van der Waals surface area contributed by atoms with E-state index < -0.39 is 0 Å². The second kappa shape index (κ2) is 3.69. The molecule has 0 saturated heterocycles. The Morgan fingerprint density at radius 1 is 1.24 bits per heavy atom. The predicted octanol–water partition coefficient (Wildman–Crippen LogP) is 4.18. The first kappa shape index (κ1) is 11.8. The van der Waals surface area contributed by atoms with E-state index in [0.717, 1.165) is 28.4 Å². The van der Waals surface area contributed by atoms with E-state index in [1.165, 1.54) is 29.1 Å². The standard InChI is InChI=1S/C17H16N2OS/c1-17(2)15-14(10-6-3-4-8-12(10)20-17)18-16-19(15)11-7-5-9-13(11)21-16/h3-4,6,8H,5,7,9H2,1-2H3. The van der Waals surface area contributed by atoms with Crippen LogP contribution in [0.25, 0.3) is 16.2 Å². The van der Waals surface area contributed by atoms with Gasteiger partial charge in [0.2, 0.25) is 0 Å². The zero-order chi connectivity index (χ0) is 14.2. The minimum atomic E-state index is -0.347. The highest BCUT2D eigenvalue weighted by atomic mass is 32.1. The number of benzene rings is 1. The molecule has 0 amide bonds. The van der Waals surface area contributed by atoms with E-state index in [1.807, 2.05) is 23.5 Å².